The van der Waals surface area contributed by atoms with Gasteiger partial charge < -0.3 is 54.5 Å². The van der Waals surface area contributed by atoms with Crippen molar-refractivity contribution in [2.75, 3.05) is 26.4 Å². The number of nitrogens with one attached hydrogen (secondary N) is 1. The number of hydroxylamine groups is 2. The maximum absolute atomic E-state index is 14.0. The van der Waals surface area contributed by atoms with E-state index in [0.29, 0.717) is 0 Å². The molecule has 0 radical (unpaired) electrons. The quantitative estimate of drug-likeness (QED) is 0.142. The third-order valence-corrected chi connectivity index (χ3v) is 11.1. The number of aliphatic hydroxyl groups is 5. The second kappa shape index (κ2) is 12.9. The molecule has 15 nitrogen and oxygen atoms in total. The molecule has 1 amide bonds. The molecule has 4 aliphatic heterocycles. The smallest absolute Gasteiger partial charge is 0.327 e. The van der Waals surface area contributed by atoms with Crippen LogP contribution in [0.2, 0.25) is 0 Å². The van der Waals surface area contributed by atoms with Gasteiger partial charge >= 0.3 is 5.97 Å². The van der Waals surface area contributed by atoms with Crippen molar-refractivity contribution in [2.45, 2.75) is 106 Å². The van der Waals surface area contributed by atoms with Gasteiger partial charge in [-0.1, -0.05) is 36.4 Å². The van der Waals surface area contributed by atoms with E-state index in [1.807, 2.05) is 24.3 Å². The second-order valence-corrected chi connectivity index (χ2v) is 14.3. The van der Waals surface area contributed by atoms with E-state index < -0.39 is 84.9 Å². The number of hydrogen-bond donors (Lipinski definition) is 6. The minimum atomic E-state index is -1.53. The molecule has 7 aliphatic rings. The van der Waals surface area contributed by atoms with Crippen molar-refractivity contribution in [3.63, 3.8) is 0 Å². The summed E-state index contributed by atoms with van der Waals surface area (Å²) >= 11 is 0. The first-order valence-electron chi connectivity index (χ1n) is 17.3. The first-order chi connectivity index (χ1) is 23.7. The van der Waals surface area contributed by atoms with Crippen LogP contribution in [0.4, 0.5) is 0 Å². The number of benzene rings is 1. The van der Waals surface area contributed by atoms with Crippen LogP contribution in [0.15, 0.2) is 30.3 Å². The highest BCUT2D eigenvalue weighted by molar-refractivity contribution is 5.93. The number of carbonyl (C=O) groups is 2. The van der Waals surface area contributed by atoms with E-state index in [4.69, 9.17) is 28.5 Å². The highest BCUT2D eigenvalue weighted by Crippen LogP contribution is 2.63. The summed E-state index contributed by atoms with van der Waals surface area (Å²) in [6.07, 6.45) is -1.71. The van der Waals surface area contributed by atoms with Gasteiger partial charge in [0.05, 0.1) is 26.4 Å². The molecule has 1 aromatic carbocycles. The Kier molecular flexibility index (Phi) is 8.84. The van der Waals surface area contributed by atoms with E-state index in [0.717, 1.165) is 36.8 Å². The van der Waals surface area contributed by atoms with E-state index >= 15 is 0 Å². The average Bonchev–Trinajstić information content (AvgIpc) is 4.05. The highest BCUT2D eigenvalue weighted by Gasteiger charge is 2.78. The molecule has 8 rings (SSSR count). The molecule has 268 valence electrons. The molecule has 49 heavy (non-hydrogen) atoms. The number of amides is 1. The normalized spacial score (nSPS) is 41.1. The van der Waals surface area contributed by atoms with Gasteiger partial charge in [-0.3, -0.25) is 14.4 Å². The molecule has 0 spiro atoms. The Morgan fingerprint density at radius 2 is 1.80 bits per heavy atom. The molecule has 7 fully saturated rings. The van der Waals surface area contributed by atoms with Crippen LogP contribution in [0.25, 0.3) is 6.08 Å². The summed E-state index contributed by atoms with van der Waals surface area (Å²) in [5.41, 5.74) is 0.281. The Bertz CT molecular complexity index is 1440. The number of nitrogens with zero attached hydrogens (tertiary/aromatic N) is 1. The first kappa shape index (κ1) is 33.6. The molecule has 15 heteroatoms. The molecule has 4 saturated heterocycles. The molecule has 0 aromatic heterocycles. The van der Waals surface area contributed by atoms with Crippen molar-refractivity contribution in [3.05, 3.63) is 41.5 Å². The van der Waals surface area contributed by atoms with Gasteiger partial charge in [-0.05, 0) is 36.8 Å². The van der Waals surface area contributed by atoms with Crippen molar-refractivity contribution in [2.24, 2.45) is 17.3 Å². The number of carbonyl (C=O) groups excluding carboxylic acids is 2. The lowest BCUT2D eigenvalue weighted by Gasteiger charge is -2.48. The third kappa shape index (κ3) is 5.63. The largest absolute Gasteiger partial charge is 0.458 e. The molecule has 6 N–H and O–H groups in total. The lowest BCUT2D eigenvalue weighted by Crippen LogP contribution is -2.69. The maximum Gasteiger partial charge on any atom is 0.327 e. The lowest BCUT2D eigenvalue weighted by atomic mass is 9.62. The van der Waals surface area contributed by atoms with E-state index in [2.05, 4.69) is 5.32 Å². The van der Waals surface area contributed by atoms with Gasteiger partial charge in [0.2, 0.25) is 5.91 Å². The fourth-order valence-electron chi connectivity index (χ4n) is 8.52. The summed E-state index contributed by atoms with van der Waals surface area (Å²) in [6.45, 7) is -0.604. The summed E-state index contributed by atoms with van der Waals surface area (Å²) in [5, 5.41) is 53.4. The minimum absolute atomic E-state index is 0.00177. The van der Waals surface area contributed by atoms with Crippen LogP contribution in [0.1, 0.15) is 43.2 Å². The van der Waals surface area contributed by atoms with Gasteiger partial charge in [0.1, 0.15) is 54.2 Å². The molecule has 4 heterocycles. The molecule has 3 aliphatic carbocycles. The molecular weight excluding hydrogens is 644 g/mol. The molecule has 11 atom stereocenters. The van der Waals surface area contributed by atoms with Crippen LogP contribution >= 0.6 is 0 Å². The first-order valence-corrected chi connectivity index (χ1v) is 17.3. The van der Waals surface area contributed by atoms with E-state index in [1.54, 1.807) is 12.2 Å². The summed E-state index contributed by atoms with van der Waals surface area (Å²) in [6, 6.07) is 6.45. The van der Waals surface area contributed by atoms with Crippen LogP contribution in [0.3, 0.4) is 0 Å². The predicted molar refractivity (Wildman–Crippen MR) is 164 cm³/mol. The van der Waals surface area contributed by atoms with Crippen molar-refractivity contribution >= 4 is 18.0 Å². The van der Waals surface area contributed by atoms with Crippen molar-refractivity contribution in [1.82, 2.24) is 10.4 Å². The Balaban J connectivity index is 1.00. The number of esters is 1. The van der Waals surface area contributed by atoms with Gasteiger partial charge in [-0.2, -0.15) is 5.06 Å². The van der Waals surface area contributed by atoms with Gasteiger partial charge in [-0.15, -0.1) is 0 Å². The summed E-state index contributed by atoms with van der Waals surface area (Å²) < 4.78 is 30.5. The maximum atomic E-state index is 14.0. The van der Waals surface area contributed by atoms with Crippen LogP contribution in [-0.4, -0.2) is 136 Å². The van der Waals surface area contributed by atoms with Crippen molar-refractivity contribution in [1.29, 1.82) is 0 Å². The lowest BCUT2D eigenvalue weighted by molar-refractivity contribution is -0.298. The monoisotopic (exact) mass is 688 g/mol. The molecular formula is C34H44N2O13. The third-order valence-electron chi connectivity index (χ3n) is 11.1. The minimum Gasteiger partial charge on any atom is -0.458 e. The zero-order valence-corrected chi connectivity index (χ0v) is 26.9. The Hall–Kier alpha value is -2.54. The zero-order valence-electron chi connectivity index (χ0n) is 26.9. The molecule has 2 bridgehead atoms. The second-order valence-electron chi connectivity index (χ2n) is 14.3. The number of hydrogen-bond acceptors (Lipinski definition) is 14. The highest BCUT2D eigenvalue weighted by atomic mass is 16.8. The van der Waals surface area contributed by atoms with Crippen molar-refractivity contribution < 1.29 is 63.6 Å². The number of ether oxygens (including phenoxy) is 5. The predicted octanol–water partition coefficient (Wildman–Crippen LogP) is -1.27. The van der Waals surface area contributed by atoms with Gasteiger partial charge in [0, 0.05) is 24.8 Å². The summed E-state index contributed by atoms with van der Waals surface area (Å²) in [7, 11) is 0. The SMILES string of the molecule is O=C1O[C@@H]2C[C@@]3(C(=O)NCCO)[C@H](ON(Cc4cccc(C=CCO[C@H]5O[C@H](CO)[C@H](O)[C@H](O)[C@H]5O)c4)[C@@H]13)[C@H]1OC(C3CC3)(C3CC3)O[C@H]12. The molecule has 1 aromatic rings. The van der Waals surface area contributed by atoms with Gasteiger partial charge in [0.15, 0.2) is 18.1 Å². The fraction of sp³-hybridized carbons (Fsp3) is 0.706. The fourth-order valence-corrected chi connectivity index (χ4v) is 8.52. The van der Waals surface area contributed by atoms with Crippen molar-refractivity contribution in [3.8, 4) is 0 Å². The number of rotatable bonds is 12. The van der Waals surface area contributed by atoms with E-state index in [1.165, 1.54) is 5.06 Å². The average molecular weight is 689 g/mol. The van der Waals surface area contributed by atoms with Crippen LogP contribution in [0, 0.1) is 17.3 Å². The molecule has 3 saturated carbocycles. The van der Waals surface area contributed by atoms with Gasteiger partial charge in [0.25, 0.3) is 0 Å². The van der Waals surface area contributed by atoms with Crippen LogP contribution < -0.4 is 5.32 Å². The van der Waals surface area contributed by atoms with E-state index in [9.17, 15) is 35.1 Å². The van der Waals surface area contributed by atoms with Crippen LogP contribution in [-0.2, 0) is 44.7 Å². The van der Waals surface area contributed by atoms with Crippen LogP contribution in [0.5, 0.6) is 0 Å². The standard InChI is InChI=1S/C34H44N2O13/c37-11-10-35-32(43)33-14-21-26-27(48-34(47-26,19-6-7-19)20-8-9-20)29(33)49-36(28(33)30(42)45-21)15-18-4-1-3-17(13-18)5-2-12-44-31-25(41)24(40)23(39)22(16-38)46-31/h1-5,13,19-29,31,37-41H,6-12,14-16H2,(H,35,43)/t21-,22-,23+,24+,25-,26+,27+,28+,29-,31+,33+/m1/s1. The Labute approximate surface area is 282 Å². The number of fused-ring (bicyclic) bond motifs is 4. The number of aliphatic hydroxyl groups excluding tert-OH is 5. The zero-order chi connectivity index (χ0) is 34.1. The Morgan fingerprint density at radius 3 is 2.51 bits per heavy atom. The summed E-state index contributed by atoms with van der Waals surface area (Å²) in [5.74, 6) is -1.15. The van der Waals surface area contributed by atoms with Gasteiger partial charge in [-0.25, -0.2) is 0 Å². The molecule has 0 unspecified atom stereocenters. The van der Waals surface area contributed by atoms with E-state index in [-0.39, 0.29) is 50.5 Å². The Morgan fingerprint density at radius 1 is 1.04 bits per heavy atom. The summed E-state index contributed by atoms with van der Waals surface area (Å²) in [4.78, 5) is 34.4. The topological polar surface area (TPSA) is 206 Å².